The first kappa shape index (κ1) is 8.26. The predicted molar refractivity (Wildman–Crippen MR) is 46.6 cm³/mol. The number of benzene rings is 1. The molecule has 0 bridgehead atoms. The predicted octanol–water partition coefficient (Wildman–Crippen LogP) is 0.550. The van der Waals surface area contributed by atoms with E-state index in [1.54, 1.807) is 6.07 Å². The van der Waals surface area contributed by atoms with Crippen LogP contribution in [0.1, 0.15) is 5.56 Å². The average Bonchev–Trinajstić information content (AvgIpc) is 2.17. The van der Waals surface area contributed by atoms with Crippen LogP contribution in [0.5, 0.6) is 5.75 Å². The van der Waals surface area contributed by atoms with Gasteiger partial charge in [-0.15, -0.1) is 0 Å². The molecule has 1 N–H and O–H groups in total. The Labute approximate surface area is 76.0 Å². The Balaban J connectivity index is 2.32. The first-order valence-electron chi connectivity index (χ1n) is 4.19. The number of aliphatic hydroxyl groups is 1. The van der Waals surface area contributed by atoms with Gasteiger partial charge in [0.05, 0.1) is 0 Å². The van der Waals surface area contributed by atoms with E-state index in [1.807, 2.05) is 18.2 Å². The molecule has 68 valence electrons. The number of aldehydes is 1. The van der Waals surface area contributed by atoms with Gasteiger partial charge >= 0.3 is 0 Å². The summed E-state index contributed by atoms with van der Waals surface area (Å²) in [7, 11) is 0. The minimum absolute atomic E-state index is 0.486. The van der Waals surface area contributed by atoms with Gasteiger partial charge in [0, 0.05) is 6.42 Å². The number of ether oxygens (including phenoxy) is 1. The molecule has 0 saturated heterocycles. The molecule has 2 unspecified atom stereocenters. The van der Waals surface area contributed by atoms with Crippen LogP contribution in [0, 0.1) is 0 Å². The van der Waals surface area contributed by atoms with Crippen LogP contribution in [0.15, 0.2) is 24.3 Å². The first-order chi connectivity index (χ1) is 6.31. The number of rotatable bonds is 1. The maximum Gasteiger partial charge on any atom is 0.180 e. The van der Waals surface area contributed by atoms with Crippen molar-refractivity contribution in [3.05, 3.63) is 29.8 Å². The molecule has 1 aliphatic heterocycles. The van der Waals surface area contributed by atoms with E-state index in [-0.39, 0.29) is 0 Å². The maximum atomic E-state index is 10.5. The van der Waals surface area contributed by atoms with Crippen molar-refractivity contribution in [2.75, 3.05) is 0 Å². The molecule has 2 atom stereocenters. The van der Waals surface area contributed by atoms with E-state index in [1.165, 1.54) is 0 Å². The van der Waals surface area contributed by atoms with Gasteiger partial charge in [0.25, 0.3) is 0 Å². The highest BCUT2D eigenvalue weighted by molar-refractivity contribution is 5.59. The summed E-state index contributed by atoms with van der Waals surface area (Å²) in [4.78, 5) is 10.5. The van der Waals surface area contributed by atoms with Gasteiger partial charge in [-0.05, 0) is 11.6 Å². The van der Waals surface area contributed by atoms with Crippen molar-refractivity contribution < 1.29 is 14.6 Å². The van der Waals surface area contributed by atoms with Crippen molar-refractivity contribution in [3.8, 4) is 5.75 Å². The van der Waals surface area contributed by atoms with E-state index in [9.17, 15) is 9.90 Å². The van der Waals surface area contributed by atoms with Crippen LogP contribution in [0.25, 0.3) is 0 Å². The largest absolute Gasteiger partial charge is 0.480 e. The van der Waals surface area contributed by atoms with Crippen LogP contribution in [-0.4, -0.2) is 23.6 Å². The lowest BCUT2D eigenvalue weighted by Gasteiger charge is -2.26. The first-order valence-corrected chi connectivity index (χ1v) is 4.19. The second kappa shape index (κ2) is 3.18. The highest BCUT2D eigenvalue weighted by Gasteiger charge is 2.27. The molecule has 1 aromatic carbocycles. The molecule has 0 saturated carbocycles. The zero-order valence-corrected chi connectivity index (χ0v) is 7.01. The van der Waals surface area contributed by atoms with Crippen molar-refractivity contribution in [2.24, 2.45) is 0 Å². The summed E-state index contributed by atoms with van der Waals surface area (Å²) >= 11 is 0. The Hall–Kier alpha value is -1.35. The fourth-order valence-corrected chi connectivity index (χ4v) is 1.47. The normalized spacial score (nSPS) is 25.9. The number of hydrogen-bond donors (Lipinski definition) is 1. The highest BCUT2D eigenvalue weighted by atomic mass is 16.5. The SMILES string of the molecule is O=CC1Oc2ccccc2CC1O. The fraction of sp³-hybridized carbons (Fsp3) is 0.300. The van der Waals surface area contributed by atoms with Gasteiger partial charge < -0.3 is 9.84 Å². The molecule has 0 spiro atoms. The van der Waals surface area contributed by atoms with E-state index >= 15 is 0 Å². The Morgan fingerprint density at radius 3 is 3.00 bits per heavy atom. The monoisotopic (exact) mass is 178 g/mol. The highest BCUT2D eigenvalue weighted by Crippen LogP contribution is 2.26. The van der Waals surface area contributed by atoms with Crippen LogP contribution < -0.4 is 4.74 Å². The zero-order chi connectivity index (χ0) is 9.26. The van der Waals surface area contributed by atoms with E-state index in [0.29, 0.717) is 18.5 Å². The van der Waals surface area contributed by atoms with Gasteiger partial charge in [0.2, 0.25) is 0 Å². The Kier molecular flexibility index (Phi) is 2.02. The van der Waals surface area contributed by atoms with Crippen LogP contribution in [0.2, 0.25) is 0 Å². The molecule has 1 heterocycles. The minimum atomic E-state index is -0.715. The molecule has 0 aliphatic carbocycles. The van der Waals surface area contributed by atoms with Crippen molar-refractivity contribution in [3.63, 3.8) is 0 Å². The van der Waals surface area contributed by atoms with Gasteiger partial charge in [-0.2, -0.15) is 0 Å². The number of carbonyl (C=O) groups is 1. The molecule has 1 aliphatic rings. The Bertz CT molecular complexity index is 322. The lowest BCUT2D eigenvalue weighted by Crippen LogP contribution is -2.38. The molecule has 0 radical (unpaired) electrons. The Morgan fingerprint density at radius 2 is 2.23 bits per heavy atom. The van der Waals surface area contributed by atoms with Gasteiger partial charge in [0.1, 0.15) is 11.9 Å². The van der Waals surface area contributed by atoms with E-state index in [4.69, 9.17) is 4.74 Å². The minimum Gasteiger partial charge on any atom is -0.480 e. The third kappa shape index (κ3) is 1.42. The maximum absolute atomic E-state index is 10.5. The van der Waals surface area contributed by atoms with E-state index in [0.717, 1.165) is 5.56 Å². The molecule has 0 fully saturated rings. The molecule has 1 aromatic rings. The standard InChI is InChI=1S/C10H10O3/c11-6-10-8(12)5-7-3-1-2-4-9(7)13-10/h1-4,6,8,10,12H,5H2. The average molecular weight is 178 g/mol. The van der Waals surface area contributed by atoms with Gasteiger partial charge in [-0.25, -0.2) is 0 Å². The molecule has 2 rings (SSSR count). The van der Waals surface area contributed by atoms with Gasteiger partial charge in [-0.3, -0.25) is 4.79 Å². The molecule has 0 aromatic heterocycles. The number of aliphatic hydroxyl groups excluding tert-OH is 1. The second-order valence-corrected chi connectivity index (χ2v) is 3.10. The summed E-state index contributed by atoms with van der Waals surface area (Å²) < 4.78 is 5.28. The summed E-state index contributed by atoms with van der Waals surface area (Å²) in [5, 5.41) is 9.46. The van der Waals surface area contributed by atoms with Crippen molar-refractivity contribution in [2.45, 2.75) is 18.6 Å². The summed E-state index contributed by atoms with van der Waals surface area (Å²) in [6, 6.07) is 7.42. The smallest absolute Gasteiger partial charge is 0.180 e. The zero-order valence-electron chi connectivity index (χ0n) is 7.01. The van der Waals surface area contributed by atoms with Crippen molar-refractivity contribution in [1.29, 1.82) is 0 Å². The van der Waals surface area contributed by atoms with E-state index in [2.05, 4.69) is 0 Å². The van der Waals surface area contributed by atoms with Crippen LogP contribution in [0.4, 0.5) is 0 Å². The van der Waals surface area contributed by atoms with Gasteiger partial charge in [-0.1, -0.05) is 18.2 Å². The summed E-state index contributed by atoms with van der Waals surface area (Å²) in [6.45, 7) is 0. The number of carbonyl (C=O) groups excluding carboxylic acids is 1. The lowest BCUT2D eigenvalue weighted by molar-refractivity contribution is -0.119. The number of hydrogen-bond acceptors (Lipinski definition) is 3. The van der Waals surface area contributed by atoms with Crippen molar-refractivity contribution in [1.82, 2.24) is 0 Å². The number of para-hydroxylation sites is 1. The van der Waals surface area contributed by atoms with Crippen molar-refractivity contribution >= 4 is 6.29 Å². The van der Waals surface area contributed by atoms with E-state index < -0.39 is 12.2 Å². The third-order valence-electron chi connectivity index (χ3n) is 2.18. The lowest BCUT2D eigenvalue weighted by atomic mass is 10.0. The van der Waals surface area contributed by atoms with Crippen LogP contribution in [0.3, 0.4) is 0 Å². The number of fused-ring (bicyclic) bond motifs is 1. The molecular formula is C10H10O3. The molecular weight excluding hydrogens is 168 g/mol. The van der Waals surface area contributed by atoms with Gasteiger partial charge in [0.15, 0.2) is 12.4 Å². The van der Waals surface area contributed by atoms with Crippen LogP contribution >= 0.6 is 0 Å². The summed E-state index contributed by atoms with van der Waals surface area (Å²) in [5.41, 5.74) is 0.952. The summed E-state index contributed by atoms with van der Waals surface area (Å²) in [5.74, 6) is 0.699. The fourth-order valence-electron chi connectivity index (χ4n) is 1.47. The molecule has 13 heavy (non-hydrogen) atoms. The summed E-state index contributed by atoms with van der Waals surface area (Å²) in [6.07, 6.45) is -0.303. The molecule has 3 nitrogen and oxygen atoms in total. The third-order valence-corrected chi connectivity index (χ3v) is 2.18. The molecule has 0 amide bonds. The molecule has 3 heteroatoms. The second-order valence-electron chi connectivity index (χ2n) is 3.10. The quantitative estimate of drug-likeness (QED) is 0.639. The van der Waals surface area contributed by atoms with Crippen LogP contribution in [-0.2, 0) is 11.2 Å². The topological polar surface area (TPSA) is 46.5 Å². The Morgan fingerprint density at radius 1 is 1.46 bits per heavy atom.